The highest BCUT2D eigenvalue weighted by Crippen LogP contribution is 2.47. The molecule has 0 fully saturated rings. The number of Topliss-reactive ketones (excluding diaryl/α,β-unsaturated/α-hetero) is 1. The maximum atomic E-state index is 12.6. The van der Waals surface area contributed by atoms with Crippen LogP contribution < -0.4 is 5.73 Å². The van der Waals surface area contributed by atoms with Gasteiger partial charge in [-0.05, 0) is 25.5 Å². The number of carbonyl (C=O) groups excluding carboxylic acids is 2. The Kier molecular flexibility index (Phi) is 5.06. The Balaban J connectivity index is 2.25. The average Bonchev–Trinajstić information content (AvgIpc) is 2.54. The summed E-state index contributed by atoms with van der Waals surface area (Å²) in [4.78, 5) is 25.2. The number of esters is 1. The third-order valence-electron chi connectivity index (χ3n) is 4.27. The van der Waals surface area contributed by atoms with E-state index in [2.05, 4.69) is 0 Å². The van der Waals surface area contributed by atoms with Crippen molar-refractivity contribution in [3.8, 4) is 0 Å². The van der Waals surface area contributed by atoms with Crippen LogP contribution in [0.25, 0.3) is 0 Å². The molecule has 2 aliphatic rings. The zero-order valence-corrected chi connectivity index (χ0v) is 15.1. The lowest BCUT2D eigenvalue weighted by Gasteiger charge is -2.33. The second kappa shape index (κ2) is 7.10. The maximum Gasteiger partial charge on any atom is 0.340 e. The number of benzene rings is 1. The van der Waals surface area contributed by atoms with Gasteiger partial charge in [-0.3, -0.25) is 4.79 Å². The molecule has 0 bridgehead atoms. The Labute approximate surface area is 155 Å². The minimum absolute atomic E-state index is 0.0610. The SMILES string of the molecule is CCOC(=O)C1=C(N)OC2=C(C(=O)CCC2)C1c1c(Cl)cccc1Cl. The molecule has 2 N–H and O–H groups in total. The van der Waals surface area contributed by atoms with E-state index in [0.717, 1.165) is 0 Å². The second-order valence-corrected chi connectivity index (χ2v) is 6.60. The smallest absolute Gasteiger partial charge is 0.340 e. The molecule has 0 aromatic heterocycles. The van der Waals surface area contributed by atoms with Gasteiger partial charge in [0.1, 0.15) is 11.3 Å². The van der Waals surface area contributed by atoms with Gasteiger partial charge in [-0.1, -0.05) is 29.3 Å². The normalized spacial score (nSPS) is 20.3. The third kappa shape index (κ3) is 3.14. The van der Waals surface area contributed by atoms with E-state index in [4.69, 9.17) is 38.4 Å². The number of hydrogen-bond acceptors (Lipinski definition) is 5. The molecule has 1 aliphatic carbocycles. The van der Waals surface area contributed by atoms with E-state index in [-0.39, 0.29) is 23.8 Å². The van der Waals surface area contributed by atoms with Gasteiger partial charge in [0.15, 0.2) is 5.78 Å². The lowest BCUT2D eigenvalue weighted by atomic mass is 9.77. The van der Waals surface area contributed by atoms with E-state index in [1.165, 1.54) is 0 Å². The molecule has 25 heavy (non-hydrogen) atoms. The zero-order chi connectivity index (χ0) is 18.1. The highest BCUT2D eigenvalue weighted by atomic mass is 35.5. The highest BCUT2D eigenvalue weighted by molar-refractivity contribution is 6.36. The predicted octanol–water partition coefficient (Wildman–Crippen LogP) is 3.85. The number of hydrogen-bond donors (Lipinski definition) is 1. The quantitative estimate of drug-likeness (QED) is 0.804. The molecule has 132 valence electrons. The van der Waals surface area contributed by atoms with E-state index in [0.29, 0.717) is 46.2 Å². The van der Waals surface area contributed by atoms with Gasteiger partial charge >= 0.3 is 5.97 Å². The third-order valence-corrected chi connectivity index (χ3v) is 4.93. The first kappa shape index (κ1) is 17.8. The minimum Gasteiger partial charge on any atom is -0.462 e. The first-order valence-corrected chi connectivity index (χ1v) is 8.76. The summed E-state index contributed by atoms with van der Waals surface area (Å²) in [5, 5.41) is 0.693. The number of ketones is 1. The molecule has 3 rings (SSSR count). The highest BCUT2D eigenvalue weighted by Gasteiger charge is 2.42. The molecular weight excluding hydrogens is 365 g/mol. The Bertz CT molecular complexity index is 793. The van der Waals surface area contributed by atoms with Crippen molar-refractivity contribution >= 4 is 35.0 Å². The van der Waals surface area contributed by atoms with Gasteiger partial charge in [-0.25, -0.2) is 4.79 Å². The van der Waals surface area contributed by atoms with Crippen molar-refractivity contribution in [3.63, 3.8) is 0 Å². The van der Waals surface area contributed by atoms with E-state index in [9.17, 15) is 9.59 Å². The van der Waals surface area contributed by atoms with Gasteiger partial charge in [-0.2, -0.15) is 0 Å². The Morgan fingerprint density at radius 2 is 2.00 bits per heavy atom. The molecule has 1 heterocycles. The number of rotatable bonds is 3. The number of ether oxygens (including phenoxy) is 2. The summed E-state index contributed by atoms with van der Waals surface area (Å²) in [6.45, 7) is 1.85. The summed E-state index contributed by atoms with van der Waals surface area (Å²) in [6.07, 6.45) is 1.61. The number of carbonyl (C=O) groups is 2. The molecule has 0 saturated carbocycles. The van der Waals surface area contributed by atoms with E-state index >= 15 is 0 Å². The summed E-state index contributed by atoms with van der Waals surface area (Å²) in [6, 6.07) is 5.01. The fourth-order valence-electron chi connectivity index (χ4n) is 3.24. The molecule has 0 amide bonds. The van der Waals surface area contributed by atoms with Crippen molar-refractivity contribution < 1.29 is 19.1 Å². The molecule has 7 heteroatoms. The van der Waals surface area contributed by atoms with E-state index < -0.39 is 11.9 Å². The largest absolute Gasteiger partial charge is 0.462 e. The molecule has 5 nitrogen and oxygen atoms in total. The summed E-state index contributed by atoms with van der Waals surface area (Å²) in [7, 11) is 0. The van der Waals surface area contributed by atoms with E-state index in [1.54, 1.807) is 25.1 Å². The maximum absolute atomic E-state index is 12.6. The first-order chi connectivity index (χ1) is 12.0. The van der Waals surface area contributed by atoms with Gasteiger partial charge in [0.25, 0.3) is 0 Å². The number of halogens is 2. The van der Waals surface area contributed by atoms with Crippen molar-refractivity contribution in [3.05, 3.63) is 56.6 Å². The van der Waals surface area contributed by atoms with Crippen LogP contribution in [0.3, 0.4) is 0 Å². The molecule has 0 radical (unpaired) electrons. The minimum atomic E-state index is -0.795. The molecule has 1 aliphatic heterocycles. The van der Waals surface area contributed by atoms with Crippen LogP contribution in [0.5, 0.6) is 0 Å². The van der Waals surface area contributed by atoms with Gasteiger partial charge in [0.2, 0.25) is 5.88 Å². The molecule has 1 aromatic rings. The summed E-state index contributed by atoms with van der Waals surface area (Å²) in [5.74, 6) is -1.14. The van der Waals surface area contributed by atoms with Crippen LogP contribution >= 0.6 is 23.2 Å². The summed E-state index contributed by atoms with van der Waals surface area (Å²) in [5.41, 5.74) is 6.92. The Morgan fingerprint density at radius 1 is 1.32 bits per heavy atom. The monoisotopic (exact) mass is 381 g/mol. The molecule has 0 saturated heterocycles. The van der Waals surface area contributed by atoms with E-state index in [1.807, 2.05) is 0 Å². The van der Waals surface area contributed by atoms with Crippen LogP contribution in [0.2, 0.25) is 10.0 Å². The van der Waals surface area contributed by atoms with Crippen LogP contribution in [0.4, 0.5) is 0 Å². The zero-order valence-electron chi connectivity index (χ0n) is 13.6. The van der Waals surface area contributed by atoms with Crippen molar-refractivity contribution in [2.45, 2.75) is 32.1 Å². The fourth-order valence-corrected chi connectivity index (χ4v) is 3.85. The van der Waals surface area contributed by atoms with Crippen molar-refractivity contribution in [2.75, 3.05) is 6.61 Å². The van der Waals surface area contributed by atoms with Crippen molar-refractivity contribution in [2.24, 2.45) is 5.73 Å². The standard InChI is InChI=1S/C18H17Cl2NO4/c1-2-24-18(23)16-15(13-9(19)5-3-6-10(13)20)14-11(22)7-4-8-12(14)25-17(16)21/h3,5-6,15H,2,4,7-8,21H2,1H3. The van der Waals surface area contributed by atoms with Gasteiger partial charge in [0.05, 0.1) is 12.5 Å². The first-order valence-electron chi connectivity index (χ1n) is 8.00. The average molecular weight is 382 g/mol. The lowest BCUT2D eigenvalue weighted by Crippen LogP contribution is -2.31. The van der Waals surface area contributed by atoms with Crippen LogP contribution in [0, 0.1) is 0 Å². The van der Waals surface area contributed by atoms with Crippen molar-refractivity contribution in [1.82, 2.24) is 0 Å². The Hall–Kier alpha value is -1.98. The van der Waals surface area contributed by atoms with Gasteiger partial charge < -0.3 is 15.2 Å². The molecule has 1 aromatic carbocycles. The topological polar surface area (TPSA) is 78.6 Å². The molecule has 1 atom stereocenters. The molecular formula is C18H17Cl2NO4. The molecule has 1 unspecified atom stereocenters. The fraction of sp³-hybridized carbons (Fsp3) is 0.333. The number of nitrogens with two attached hydrogens (primary N) is 1. The number of allylic oxidation sites excluding steroid dienone is 2. The van der Waals surface area contributed by atoms with Crippen LogP contribution in [0.15, 0.2) is 41.0 Å². The predicted molar refractivity (Wildman–Crippen MR) is 94.0 cm³/mol. The second-order valence-electron chi connectivity index (χ2n) is 5.78. The van der Waals surface area contributed by atoms with Crippen LogP contribution in [-0.2, 0) is 19.1 Å². The van der Waals surface area contributed by atoms with Gasteiger partial charge in [-0.15, -0.1) is 0 Å². The summed E-state index contributed by atoms with van der Waals surface area (Å²) >= 11 is 12.7. The summed E-state index contributed by atoms with van der Waals surface area (Å²) < 4.78 is 10.7. The molecule has 0 spiro atoms. The van der Waals surface area contributed by atoms with Crippen LogP contribution in [-0.4, -0.2) is 18.4 Å². The lowest BCUT2D eigenvalue weighted by molar-refractivity contribution is -0.139. The van der Waals surface area contributed by atoms with Crippen molar-refractivity contribution in [1.29, 1.82) is 0 Å². The Morgan fingerprint density at radius 3 is 2.64 bits per heavy atom. The van der Waals surface area contributed by atoms with Crippen LogP contribution in [0.1, 0.15) is 37.7 Å². The van der Waals surface area contributed by atoms with Gasteiger partial charge in [0, 0.05) is 34.0 Å².